The Hall–Kier alpha value is -0.570. The number of nitrogens with one attached hydrogen (secondary N) is 1. The molecule has 3 heteroatoms. The third kappa shape index (κ3) is 2.21. The molecule has 1 aliphatic heterocycles. The van der Waals surface area contributed by atoms with Crippen LogP contribution in [0.25, 0.3) is 0 Å². The Kier molecular flexibility index (Phi) is 3.53. The van der Waals surface area contributed by atoms with Crippen molar-refractivity contribution in [2.45, 2.75) is 32.7 Å². The van der Waals surface area contributed by atoms with E-state index in [0.29, 0.717) is 12.6 Å². The lowest BCUT2D eigenvalue weighted by molar-refractivity contribution is -0.130. The number of hydrogen-bond donors (Lipinski definition) is 1. The minimum Gasteiger partial charge on any atom is -0.339 e. The summed E-state index contributed by atoms with van der Waals surface area (Å²) in [5.41, 5.74) is 0. The molecule has 1 amide bonds. The molecule has 0 bridgehead atoms. The van der Waals surface area contributed by atoms with Crippen LogP contribution < -0.4 is 5.32 Å². The van der Waals surface area contributed by atoms with Gasteiger partial charge in [0.05, 0.1) is 6.54 Å². The number of carbonyl (C=O) groups excluding carboxylic acids is 1. The number of hydrogen-bond acceptors (Lipinski definition) is 2. The maximum absolute atomic E-state index is 11.5. The van der Waals surface area contributed by atoms with E-state index < -0.39 is 0 Å². The average molecular weight is 170 g/mol. The largest absolute Gasteiger partial charge is 0.339 e. The van der Waals surface area contributed by atoms with E-state index in [2.05, 4.69) is 12.2 Å². The number of likely N-dealkylation sites (N-methyl/N-ethyl adjacent to an activating group) is 1. The minimum atomic E-state index is 0.252. The van der Waals surface area contributed by atoms with Crippen molar-refractivity contribution >= 4 is 5.91 Å². The summed E-state index contributed by atoms with van der Waals surface area (Å²) in [6, 6.07) is 0.455. The third-order valence-electron chi connectivity index (χ3n) is 2.40. The zero-order valence-corrected chi connectivity index (χ0v) is 7.97. The number of rotatable bonds is 3. The van der Waals surface area contributed by atoms with Crippen LogP contribution in [-0.4, -0.2) is 36.5 Å². The summed E-state index contributed by atoms with van der Waals surface area (Å²) in [7, 11) is 0. The summed E-state index contributed by atoms with van der Waals surface area (Å²) in [4.78, 5) is 13.5. The second-order valence-electron chi connectivity index (χ2n) is 3.36. The van der Waals surface area contributed by atoms with Gasteiger partial charge in [-0.3, -0.25) is 4.79 Å². The van der Waals surface area contributed by atoms with Crippen molar-refractivity contribution in [3.63, 3.8) is 0 Å². The molecular formula is C9H18N2O. The first-order valence-electron chi connectivity index (χ1n) is 4.76. The first-order valence-corrected chi connectivity index (χ1v) is 4.76. The van der Waals surface area contributed by atoms with Crippen LogP contribution in [0.1, 0.15) is 26.7 Å². The van der Waals surface area contributed by atoms with E-state index in [9.17, 15) is 4.79 Å². The van der Waals surface area contributed by atoms with Crippen LogP contribution in [0.4, 0.5) is 0 Å². The zero-order chi connectivity index (χ0) is 8.97. The Labute approximate surface area is 74.1 Å². The average Bonchev–Trinajstić information content (AvgIpc) is 2.47. The minimum absolute atomic E-state index is 0.252. The first-order chi connectivity index (χ1) is 5.75. The summed E-state index contributed by atoms with van der Waals surface area (Å²) in [5.74, 6) is 0.252. The Morgan fingerprint density at radius 2 is 2.42 bits per heavy atom. The van der Waals surface area contributed by atoms with Gasteiger partial charge in [-0.15, -0.1) is 0 Å². The van der Waals surface area contributed by atoms with Gasteiger partial charge in [-0.1, -0.05) is 6.92 Å². The number of likely N-dealkylation sites (tertiary alicyclic amines) is 1. The second kappa shape index (κ2) is 4.45. The Morgan fingerprint density at radius 3 is 2.92 bits per heavy atom. The van der Waals surface area contributed by atoms with Crippen LogP contribution in [0.3, 0.4) is 0 Å². The Balaban J connectivity index is 2.30. The molecule has 1 fully saturated rings. The molecule has 3 nitrogen and oxygen atoms in total. The maximum Gasteiger partial charge on any atom is 0.236 e. The number of amides is 1. The molecule has 0 saturated carbocycles. The summed E-state index contributed by atoms with van der Waals surface area (Å²) in [6.45, 7) is 6.46. The molecule has 1 aliphatic rings. The highest BCUT2D eigenvalue weighted by Gasteiger charge is 2.23. The zero-order valence-electron chi connectivity index (χ0n) is 7.97. The fraction of sp³-hybridized carbons (Fsp3) is 0.889. The molecule has 1 unspecified atom stereocenters. The molecule has 1 rings (SSSR count). The van der Waals surface area contributed by atoms with Crippen molar-refractivity contribution in [2.24, 2.45) is 0 Å². The van der Waals surface area contributed by atoms with Crippen LogP contribution in [-0.2, 0) is 4.79 Å². The van der Waals surface area contributed by atoms with Crippen molar-refractivity contribution in [3.8, 4) is 0 Å². The van der Waals surface area contributed by atoms with E-state index in [0.717, 1.165) is 19.5 Å². The van der Waals surface area contributed by atoms with Gasteiger partial charge < -0.3 is 10.2 Å². The van der Waals surface area contributed by atoms with Gasteiger partial charge in [0, 0.05) is 12.6 Å². The van der Waals surface area contributed by atoms with E-state index in [1.54, 1.807) is 0 Å². The third-order valence-corrected chi connectivity index (χ3v) is 2.40. The first kappa shape index (κ1) is 9.52. The van der Waals surface area contributed by atoms with Gasteiger partial charge in [0.15, 0.2) is 0 Å². The standard InChI is InChI=1S/C9H18N2O/c1-3-10-7-9(12)11-6-4-5-8(11)2/h8,10H,3-7H2,1-2H3. The smallest absolute Gasteiger partial charge is 0.236 e. The predicted molar refractivity (Wildman–Crippen MR) is 49.0 cm³/mol. The molecule has 12 heavy (non-hydrogen) atoms. The molecule has 0 aromatic carbocycles. The predicted octanol–water partition coefficient (Wildman–Crippen LogP) is 0.607. The maximum atomic E-state index is 11.5. The van der Waals surface area contributed by atoms with Gasteiger partial charge in [-0.25, -0.2) is 0 Å². The Bertz CT molecular complexity index is 159. The van der Waals surface area contributed by atoms with Crippen molar-refractivity contribution in [1.82, 2.24) is 10.2 Å². The van der Waals surface area contributed by atoms with Crippen LogP contribution in [0.2, 0.25) is 0 Å². The molecule has 1 saturated heterocycles. The van der Waals surface area contributed by atoms with E-state index in [-0.39, 0.29) is 5.91 Å². The highest BCUT2D eigenvalue weighted by molar-refractivity contribution is 5.78. The van der Waals surface area contributed by atoms with Crippen molar-refractivity contribution in [2.75, 3.05) is 19.6 Å². The van der Waals surface area contributed by atoms with Crippen LogP contribution in [0, 0.1) is 0 Å². The van der Waals surface area contributed by atoms with Gasteiger partial charge in [-0.2, -0.15) is 0 Å². The quantitative estimate of drug-likeness (QED) is 0.673. The molecule has 0 aliphatic carbocycles. The van der Waals surface area contributed by atoms with Crippen molar-refractivity contribution < 1.29 is 4.79 Å². The molecule has 70 valence electrons. The highest BCUT2D eigenvalue weighted by Crippen LogP contribution is 2.15. The SMILES string of the molecule is CCNCC(=O)N1CCCC1C. The lowest BCUT2D eigenvalue weighted by Gasteiger charge is -2.21. The molecule has 0 aromatic heterocycles. The summed E-state index contributed by atoms with van der Waals surface area (Å²) >= 11 is 0. The summed E-state index contributed by atoms with van der Waals surface area (Å²) in [5, 5.41) is 3.05. The van der Waals surface area contributed by atoms with E-state index in [1.165, 1.54) is 6.42 Å². The molecular weight excluding hydrogens is 152 g/mol. The van der Waals surface area contributed by atoms with Gasteiger partial charge >= 0.3 is 0 Å². The molecule has 1 atom stereocenters. The molecule has 0 spiro atoms. The molecule has 1 heterocycles. The van der Waals surface area contributed by atoms with Crippen molar-refractivity contribution in [3.05, 3.63) is 0 Å². The van der Waals surface area contributed by atoms with Crippen LogP contribution in [0.5, 0.6) is 0 Å². The van der Waals surface area contributed by atoms with Gasteiger partial charge in [0.25, 0.3) is 0 Å². The fourth-order valence-electron chi connectivity index (χ4n) is 1.64. The molecule has 0 aromatic rings. The summed E-state index contributed by atoms with van der Waals surface area (Å²) in [6.07, 6.45) is 2.33. The lowest BCUT2D eigenvalue weighted by Crippen LogP contribution is -2.39. The monoisotopic (exact) mass is 170 g/mol. The van der Waals surface area contributed by atoms with Gasteiger partial charge in [0.1, 0.15) is 0 Å². The van der Waals surface area contributed by atoms with E-state index in [1.807, 2.05) is 11.8 Å². The number of carbonyl (C=O) groups is 1. The normalized spacial score (nSPS) is 23.2. The van der Waals surface area contributed by atoms with Crippen LogP contribution in [0.15, 0.2) is 0 Å². The van der Waals surface area contributed by atoms with Crippen molar-refractivity contribution in [1.29, 1.82) is 0 Å². The van der Waals surface area contributed by atoms with E-state index >= 15 is 0 Å². The van der Waals surface area contributed by atoms with Gasteiger partial charge in [0.2, 0.25) is 5.91 Å². The molecule has 0 radical (unpaired) electrons. The fourth-order valence-corrected chi connectivity index (χ4v) is 1.64. The Morgan fingerprint density at radius 1 is 1.67 bits per heavy atom. The summed E-state index contributed by atoms with van der Waals surface area (Å²) < 4.78 is 0. The molecule has 1 N–H and O–H groups in total. The van der Waals surface area contributed by atoms with Crippen LogP contribution >= 0.6 is 0 Å². The lowest BCUT2D eigenvalue weighted by atomic mass is 10.2. The highest BCUT2D eigenvalue weighted by atomic mass is 16.2. The topological polar surface area (TPSA) is 32.3 Å². The van der Waals surface area contributed by atoms with E-state index in [4.69, 9.17) is 0 Å². The number of nitrogens with zero attached hydrogens (tertiary/aromatic N) is 1. The van der Waals surface area contributed by atoms with Gasteiger partial charge in [-0.05, 0) is 26.3 Å². The second-order valence-corrected chi connectivity index (χ2v) is 3.36.